The monoisotopic (exact) mass is 383 g/mol. The Kier molecular flexibility index (Phi) is 4.40. The van der Waals surface area contributed by atoms with E-state index in [9.17, 15) is 18.5 Å². The first-order valence-electron chi connectivity index (χ1n) is 7.98. The minimum absolute atomic E-state index is 0.0571. The standard InChI is InChI=1S/C16H15FNO7P/c17-11-8-18(15(20)6-12(11)19)16-7-13-14(23-16)9-22-26(21,25-13)24-10-4-2-1-3-5-10/h1-5,8,13-14,16H,6-7,9H2/t13-,14+,16+,26-/m0/s1. The molecule has 0 N–H and O–H groups in total. The van der Waals surface area contributed by atoms with Gasteiger partial charge in [-0.2, -0.15) is 0 Å². The molecule has 3 aliphatic heterocycles. The van der Waals surface area contributed by atoms with Gasteiger partial charge in [0.05, 0.1) is 13.0 Å². The average molecular weight is 383 g/mol. The molecule has 3 heterocycles. The van der Waals surface area contributed by atoms with Crippen LogP contribution in [0.2, 0.25) is 0 Å². The predicted molar refractivity (Wildman–Crippen MR) is 84.4 cm³/mol. The Morgan fingerprint density at radius 1 is 1.19 bits per heavy atom. The fourth-order valence-corrected chi connectivity index (χ4v) is 4.39. The molecule has 8 nitrogen and oxygen atoms in total. The van der Waals surface area contributed by atoms with Crippen molar-refractivity contribution >= 4 is 19.5 Å². The number of carbonyl (C=O) groups excluding carboxylic acids is 2. The van der Waals surface area contributed by atoms with Gasteiger partial charge in [-0.25, -0.2) is 8.96 Å². The topological polar surface area (TPSA) is 91.4 Å². The van der Waals surface area contributed by atoms with E-state index < -0.39 is 50.2 Å². The number of Topliss-reactive ketones (excluding diaryl/α,β-unsaturated/α-hetero) is 1. The Morgan fingerprint density at radius 3 is 2.73 bits per heavy atom. The maximum atomic E-state index is 13.5. The molecule has 1 aromatic rings. The third kappa shape index (κ3) is 3.31. The number of phosphoric acid groups is 1. The number of amides is 1. The molecule has 0 spiro atoms. The number of fused-ring (bicyclic) bond motifs is 1. The minimum atomic E-state index is -3.84. The van der Waals surface area contributed by atoms with Crippen LogP contribution in [-0.2, 0) is 27.9 Å². The van der Waals surface area contributed by atoms with Crippen LogP contribution in [0, 0.1) is 0 Å². The second kappa shape index (κ2) is 6.59. The first-order valence-corrected chi connectivity index (χ1v) is 9.44. The van der Waals surface area contributed by atoms with E-state index >= 15 is 0 Å². The second-order valence-electron chi connectivity index (χ2n) is 6.03. The van der Waals surface area contributed by atoms with Crippen molar-refractivity contribution < 1.29 is 36.9 Å². The van der Waals surface area contributed by atoms with Crippen LogP contribution in [0.1, 0.15) is 12.8 Å². The van der Waals surface area contributed by atoms with Gasteiger partial charge < -0.3 is 9.26 Å². The Hall–Kier alpha value is -2.06. The lowest BCUT2D eigenvalue weighted by Crippen LogP contribution is -2.40. The molecule has 138 valence electrons. The Morgan fingerprint density at radius 2 is 1.96 bits per heavy atom. The molecule has 2 fully saturated rings. The summed E-state index contributed by atoms with van der Waals surface area (Å²) >= 11 is 0. The van der Waals surface area contributed by atoms with Crippen LogP contribution < -0.4 is 4.52 Å². The first-order chi connectivity index (χ1) is 12.4. The molecular formula is C16H15FNO7P. The number of nitrogens with zero attached hydrogens (tertiary/aromatic N) is 1. The molecule has 4 atom stereocenters. The number of allylic oxidation sites excluding steroid dienone is 1. The first kappa shape index (κ1) is 17.4. The van der Waals surface area contributed by atoms with E-state index in [1.807, 2.05) is 0 Å². The van der Waals surface area contributed by atoms with Crippen LogP contribution >= 0.6 is 7.82 Å². The fourth-order valence-electron chi connectivity index (χ4n) is 2.97. The van der Waals surface area contributed by atoms with Crippen molar-refractivity contribution in [3.63, 3.8) is 0 Å². The van der Waals surface area contributed by atoms with Crippen LogP contribution in [0.15, 0.2) is 42.4 Å². The summed E-state index contributed by atoms with van der Waals surface area (Å²) in [6.07, 6.45) is -1.63. The Balaban J connectivity index is 1.46. The number of halogens is 1. The van der Waals surface area contributed by atoms with E-state index in [-0.39, 0.29) is 13.0 Å². The normalized spacial score (nSPS) is 34.4. The highest BCUT2D eigenvalue weighted by atomic mass is 31.2. The largest absolute Gasteiger partial charge is 0.530 e. The lowest BCUT2D eigenvalue weighted by atomic mass is 10.1. The van der Waals surface area contributed by atoms with Crippen molar-refractivity contribution in [1.29, 1.82) is 0 Å². The van der Waals surface area contributed by atoms with Gasteiger partial charge in [-0.1, -0.05) is 18.2 Å². The number of ketones is 1. The van der Waals surface area contributed by atoms with E-state index in [1.54, 1.807) is 30.3 Å². The highest BCUT2D eigenvalue weighted by molar-refractivity contribution is 7.49. The number of hydrogen-bond acceptors (Lipinski definition) is 7. The summed E-state index contributed by atoms with van der Waals surface area (Å²) in [5, 5.41) is 0. The number of carbonyl (C=O) groups is 2. The van der Waals surface area contributed by atoms with Crippen molar-refractivity contribution in [2.24, 2.45) is 0 Å². The van der Waals surface area contributed by atoms with Crippen molar-refractivity contribution in [2.45, 2.75) is 31.3 Å². The number of ether oxygens (including phenoxy) is 1. The summed E-state index contributed by atoms with van der Waals surface area (Å²) in [5.41, 5.74) is 0. The van der Waals surface area contributed by atoms with Gasteiger partial charge in [0, 0.05) is 12.6 Å². The van der Waals surface area contributed by atoms with Crippen LogP contribution in [-0.4, -0.2) is 41.6 Å². The highest BCUT2D eigenvalue weighted by Gasteiger charge is 2.50. The number of benzene rings is 1. The SMILES string of the molecule is O=C1CC(=O)N([C@H]2C[C@@H]3O[P@](=O)(Oc4ccccc4)OC[C@H]3O2)C=C1F. The quantitative estimate of drug-likeness (QED) is 0.584. The summed E-state index contributed by atoms with van der Waals surface area (Å²) < 4.78 is 47.9. The Labute approximate surface area is 148 Å². The summed E-state index contributed by atoms with van der Waals surface area (Å²) in [6, 6.07) is 8.44. The molecule has 0 radical (unpaired) electrons. The predicted octanol–water partition coefficient (Wildman–Crippen LogP) is 2.32. The van der Waals surface area contributed by atoms with E-state index in [1.165, 1.54) is 0 Å². The van der Waals surface area contributed by atoms with E-state index in [2.05, 4.69) is 0 Å². The molecule has 0 saturated carbocycles. The lowest BCUT2D eigenvalue weighted by Gasteiger charge is -2.29. The minimum Gasteiger partial charge on any atom is -0.404 e. The lowest BCUT2D eigenvalue weighted by molar-refractivity contribution is -0.145. The van der Waals surface area contributed by atoms with Crippen molar-refractivity contribution in [2.75, 3.05) is 6.61 Å². The van der Waals surface area contributed by atoms with Crippen molar-refractivity contribution in [1.82, 2.24) is 4.90 Å². The van der Waals surface area contributed by atoms with E-state index in [0.29, 0.717) is 5.75 Å². The van der Waals surface area contributed by atoms with Crippen LogP contribution in [0.3, 0.4) is 0 Å². The van der Waals surface area contributed by atoms with Crippen molar-refractivity contribution in [3.05, 3.63) is 42.4 Å². The summed E-state index contributed by atoms with van der Waals surface area (Å²) in [7, 11) is -3.84. The molecule has 0 bridgehead atoms. The van der Waals surface area contributed by atoms with Gasteiger partial charge in [0.1, 0.15) is 24.2 Å². The van der Waals surface area contributed by atoms with Crippen LogP contribution in [0.5, 0.6) is 5.75 Å². The summed E-state index contributed by atoms with van der Waals surface area (Å²) in [5.74, 6) is -2.09. The molecule has 3 aliphatic rings. The summed E-state index contributed by atoms with van der Waals surface area (Å²) in [6.45, 7) is -0.0571. The van der Waals surface area contributed by atoms with Gasteiger partial charge >= 0.3 is 7.82 Å². The second-order valence-corrected chi connectivity index (χ2v) is 7.58. The third-order valence-electron chi connectivity index (χ3n) is 4.23. The molecule has 10 heteroatoms. The fraction of sp³-hybridized carbons (Fsp3) is 0.375. The van der Waals surface area contributed by atoms with E-state index in [4.69, 9.17) is 18.3 Å². The average Bonchev–Trinajstić information content (AvgIpc) is 3.01. The molecule has 26 heavy (non-hydrogen) atoms. The molecule has 0 aromatic heterocycles. The van der Waals surface area contributed by atoms with Gasteiger partial charge in [0.2, 0.25) is 11.7 Å². The van der Waals surface area contributed by atoms with Crippen LogP contribution in [0.4, 0.5) is 4.39 Å². The number of hydrogen-bond donors (Lipinski definition) is 0. The zero-order valence-electron chi connectivity index (χ0n) is 13.4. The number of phosphoric ester groups is 1. The molecule has 4 rings (SSSR count). The molecule has 0 aliphatic carbocycles. The number of rotatable bonds is 3. The zero-order chi connectivity index (χ0) is 18.3. The smallest absolute Gasteiger partial charge is 0.404 e. The molecule has 1 amide bonds. The molecular weight excluding hydrogens is 368 g/mol. The van der Waals surface area contributed by atoms with Crippen LogP contribution in [0.25, 0.3) is 0 Å². The summed E-state index contributed by atoms with van der Waals surface area (Å²) in [4.78, 5) is 24.2. The molecule has 1 aromatic carbocycles. The Bertz CT molecular complexity index is 814. The maximum Gasteiger partial charge on any atom is 0.530 e. The third-order valence-corrected chi connectivity index (χ3v) is 5.66. The van der Waals surface area contributed by atoms with Gasteiger partial charge in [-0.05, 0) is 12.1 Å². The van der Waals surface area contributed by atoms with Gasteiger partial charge in [0.15, 0.2) is 5.83 Å². The highest BCUT2D eigenvalue weighted by Crippen LogP contribution is 2.55. The van der Waals surface area contributed by atoms with Crippen molar-refractivity contribution in [3.8, 4) is 5.75 Å². The number of para-hydroxylation sites is 1. The zero-order valence-corrected chi connectivity index (χ0v) is 14.3. The van der Waals surface area contributed by atoms with Gasteiger partial charge in [-0.15, -0.1) is 0 Å². The maximum absolute atomic E-state index is 13.5. The van der Waals surface area contributed by atoms with Gasteiger partial charge in [0.25, 0.3) is 0 Å². The van der Waals surface area contributed by atoms with Gasteiger partial charge in [-0.3, -0.25) is 23.5 Å². The molecule has 0 unspecified atom stereocenters. The van der Waals surface area contributed by atoms with E-state index in [0.717, 1.165) is 11.1 Å². The molecule has 2 saturated heterocycles.